The second kappa shape index (κ2) is 9.20. The number of ether oxygens (including phenoxy) is 2. The van der Waals surface area contributed by atoms with E-state index in [1.807, 2.05) is 78.9 Å². The van der Waals surface area contributed by atoms with Gasteiger partial charge in [-0.15, -0.1) is 0 Å². The lowest BCUT2D eigenvalue weighted by Gasteiger charge is -2.06. The highest BCUT2D eigenvalue weighted by atomic mass is 16.5. The summed E-state index contributed by atoms with van der Waals surface area (Å²) in [5, 5.41) is 3.92. The lowest BCUT2D eigenvalue weighted by atomic mass is 10.1. The summed E-state index contributed by atoms with van der Waals surface area (Å²) in [6.45, 7) is -0.107. The zero-order valence-electron chi connectivity index (χ0n) is 15.0. The first-order valence-electron chi connectivity index (χ1n) is 8.49. The van der Waals surface area contributed by atoms with Gasteiger partial charge < -0.3 is 9.47 Å². The van der Waals surface area contributed by atoms with Gasteiger partial charge in [-0.1, -0.05) is 42.5 Å². The van der Waals surface area contributed by atoms with Crippen LogP contribution in [0.2, 0.25) is 0 Å². The van der Waals surface area contributed by atoms with Gasteiger partial charge in [-0.25, -0.2) is 5.43 Å². The van der Waals surface area contributed by atoms with Crippen LogP contribution in [0.25, 0.3) is 11.1 Å². The molecule has 0 bridgehead atoms. The minimum atomic E-state index is -0.327. The van der Waals surface area contributed by atoms with Crippen LogP contribution in [-0.2, 0) is 4.79 Å². The van der Waals surface area contributed by atoms with Crippen molar-refractivity contribution in [3.05, 3.63) is 84.4 Å². The van der Waals surface area contributed by atoms with Gasteiger partial charge >= 0.3 is 0 Å². The molecule has 1 amide bonds. The van der Waals surface area contributed by atoms with Crippen LogP contribution in [0.1, 0.15) is 5.56 Å². The van der Waals surface area contributed by atoms with Crippen molar-refractivity contribution >= 4 is 12.1 Å². The van der Waals surface area contributed by atoms with Crippen LogP contribution in [0.15, 0.2) is 84.0 Å². The van der Waals surface area contributed by atoms with Crippen LogP contribution in [0.4, 0.5) is 0 Å². The Bertz CT molecular complexity index is 889. The van der Waals surface area contributed by atoms with Gasteiger partial charge in [0.05, 0.1) is 13.3 Å². The fraction of sp³-hybridized carbons (Fsp3) is 0.0909. The van der Waals surface area contributed by atoms with Gasteiger partial charge in [-0.05, 0) is 53.1 Å². The molecular formula is C22H20N2O3. The maximum atomic E-state index is 11.8. The van der Waals surface area contributed by atoms with Crippen LogP contribution in [0, 0.1) is 0 Å². The lowest BCUT2D eigenvalue weighted by molar-refractivity contribution is -0.123. The summed E-state index contributed by atoms with van der Waals surface area (Å²) in [6, 6.07) is 25.0. The second-order valence-electron chi connectivity index (χ2n) is 5.75. The summed E-state index contributed by atoms with van der Waals surface area (Å²) in [5.74, 6) is 1.07. The van der Waals surface area contributed by atoms with E-state index in [-0.39, 0.29) is 12.5 Å². The van der Waals surface area contributed by atoms with E-state index in [0.29, 0.717) is 5.75 Å². The number of amides is 1. The molecular weight excluding hydrogens is 340 g/mol. The van der Waals surface area contributed by atoms with E-state index in [4.69, 9.17) is 9.47 Å². The van der Waals surface area contributed by atoms with Crippen molar-refractivity contribution in [2.24, 2.45) is 5.10 Å². The molecule has 3 aromatic rings. The number of nitrogens with zero attached hydrogens (tertiary/aromatic N) is 1. The molecule has 0 radical (unpaired) electrons. The zero-order chi connectivity index (χ0) is 18.9. The number of carbonyl (C=O) groups excluding carboxylic acids is 1. The van der Waals surface area contributed by atoms with Crippen molar-refractivity contribution in [3.63, 3.8) is 0 Å². The molecule has 3 rings (SSSR count). The number of hydrogen-bond acceptors (Lipinski definition) is 4. The highest BCUT2D eigenvalue weighted by Crippen LogP contribution is 2.21. The fourth-order valence-electron chi connectivity index (χ4n) is 2.42. The number of hydrazone groups is 1. The number of methoxy groups -OCH3 is 1. The molecule has 0 aliphatic carbocycles. The molecule has 1 N–H and O–H groups in total. The van der Waals surface area contributed by atoms with Crippen molar-refractivity contribution < 1.29 is 14.3 Å². The van der Waals surface area contributed by atoms with Crippen LogP contribution < -0.4 is 14.9 Å². The molecule has 0 fully saturated rings. The molecule has 0 aliphatic heterocycles. The summed E-state index contributed by atoms with van der Waals surface area (Å²) in [7, 11) is 1.61. The standard InChI is InChI=1S/C22H20N2O3/c1-26-20-11-7-17(8-12-20)15-23-24-22(25)16-27-21-13-9-19(10-14-21)18-5-3-2-4-6-18/h2-15H,16H2,1H3,(H,24,25)/b23-15-. The summed E-state index contributed by atoms with van der Waals surface area (Å²) in [4.78, 5) is 11.8. The van der Waals surface area contributed by atoms with E-state index < -0.39 is 0 Å². The minimum Gasteiger partial charge on any atom is -0.497 e. The van der Waals surface area contributed by atoms with Crippen molar-refractivity contribution in [2.45, 2.75) is 0 Å². The molecule has 0 saturated carbocycles. The molecule has 0 spiro atoms. The third-order valence-electron chi connectivity index (χ3n) is 3.85. The summed E-state index contributed by atoms with van der Waals surface area (Å²) >= 11 is 0. The summed E-state index contributed by atoms with van der Waals surface area (Å²) < 4.78 is 10.6. The Labute approximate surface area is 158 Å². The highest BCUT2D eigenvalue weighted by Gasteiger charge is 2.02. The number of carbonyl (C=O) groups is 1. The normalized spacial score (nSPS) is 10.6. The smallest absolute Gasteiger partial charge is 0.277 e. The van der Waals surface area contributed by atoms with Gasteiger partial charge in [0.2, 0.25) is 0 Å². The monoisotopic (exact) mass is 360 g/mol. The van der Waals surface area contributed by atoms with Crippen LogP contribution in [0.5, 0.6) is 11.5 Å². The Morgan fingerprint density at radius 3 is 2.19 bits per heavy atom. The average Bonchev–Trinajstić information content (AvgIpc) is 2.74. The van der Waals surface area contributed by atoms with E-state index in [1.54, 1.807) is 13.3 Å². The zero-order valence-corrected chi connectivity index (χ0v) is 15.0. The van der Waals surface area contributed by atoms with E-state index in [0.717, 1.165) is 22.4 Å². The molecule has 27 heavy (non-hydrogen) atoms. The third-order valence-corrected chi connectivity index (χ3v) is 3.85. The summed E-state index contributed by atoms with van der Waals surface area (Å²) in [5.41, 5.74) is 5.52. The Morgan fingerprint density at radius 2 is 1.52 bits per heavy atom. The molecule has 5 heteroatoms. The Hall–Kier alpha value is -3.60. The van der Waals surface area contributed by atoms with Gasteiger partial charge in [0, 0.05) is 0 Å². The Balaban J connectivity index is 1.46. The van der Waals surface area contributed by atoms with Crippen molar-refractivity contribution in [2.75, 3.05) is 13.7 Å². The predicted molar refractivity (Wildman–Crippen MR) is 106 cm³/mol. The molecule has 0 unspecified atom stereocenters. The van der Waals surface area contributed by atoms with Crippen molar-refractivity contribution in [3.8, 4) is 22.6 Å². The SMILES string of the molecule is COc1ccc(/C=N\NC(=O)COc2ccc(-c3ccccc3)cc2)cc1. The second-order valence-corrected chi connectivity index (χ2v) is 5.75. The number of benzene rings is 3. The number of nitrogens with one attached hydrogen (secondary N) is 1. The molecule has 0 aromatic heterocycles. The number of hydrogen-bond donors (Lipinski definition) is 1. The van der Waals surface area contributed by atoms with Gasteiger partial charge in [0.15, 0.2) is 6.61 Å². The molecule has 0 heterocycles. The fourth-order valence-corrected chi connectivity index (χ4v) is 2.42. The quantitative estimate of drug-likeness (QED) is 0.514. The molecule has 0 aliphatic rings. The van der Waals surface area contributed by atoms with Crippen LogP contribution in [-0.4, -0.2) is 25.8 Å². The Kier molecular flexibility index (Phi) is 6.20. The third kappa shape index (κ3) is 5.44. The first-order chi connectivity index (χ1) is 13.2. The van der Waals surface area contributed by atoms with Crippen LogP contribution >= 0.6 is 0 Å². The average molecular weight is 360 g/mol. The van der Waals surface area contributed by atoms with Crippen LogP contribution in [0.3, 0.4) is 0 Å². The first kappa shape index (κ1) is 18.2. The number of rotatable bonds is 7. The minimum absolute atomic E-state index is 0.107. The van der Waals surface area contributed by atoms with Crippen molar-refractivity contribution in [1.29, 1.82) is 0 Å². The molecule has 0 atom stereocenters. The molecule has 3 aromatic carbocycles. The van der Waals surface area contributed by atoms with E-state index in [9.17, 15) is 4.79 Å². The van der Waals surface area contributed by atoms with E-state index in [1.165, 1.54) is 0 Å². The molecule has 136 valence electrons. The summed E-state index contributed by atoms with van der Waals surface area (Å²) in [6.07, 6.45) is 1.56. The van der Waals surface area contributed by atoms with Gasteiger partial charge in [-0.2, -0.15) is 5.10 Å². The lowest BCUT2D eigenvalue weighted by Crippen LogP contribution is -2.24. The van der Waals surface area contributed by atoms with Gasteiger partial charge in [0.25, 0.3) is 5.91 Å². The van der Waals surface area contributed by atoms with E-state index >= 15 is 0 Å². The largest absolute Gasteiger partial charge is 0.497 e. The predicted octanol–water partition coefficient (Wildman–Crippen LogP) is 3.89. The Morgan fingerprint density at radius 1 is 0.889 bits per heavy atom. The van der Waals surface area contributed by atoms with Gasteiger partial charge in [-0.3, -0.25) is 4.79 Å². The van der Waals surface area contributed by atoms with E-state index in [2.05, 4.69) is 10.5 Å². The van der Waals surface area contributed by atoms with Gasteiger partial charge in [0.1, 0.15) is 11.5 Å². The molecule has 5 nitrogen and oxygen atoms in total. The maximum absolute atomic E-state index is 11.8. The first-order valence-corrected chi connectivity index (χ1v) is 8.49. The van der Waals surface area contributed by atoms with Crippen molar-refractivity contribution in [1.82, 2.24) is 5.43 Å². The topological polar surface area (TPSA) is 59.9 Å². The maximum Gasteiger partial charge on any atom is 0.277 e. The molecule has 0 saturated heterocycles. The highest BCUT2D eigenvalue weighted by molar-refractivity contribution is 5.83.